The molecule has 0 aliphatic carbocycles. The molecule has 0 rings (SSSR count). The van der Waals surface area contributed by atoms with Crippen LogP contribution in [0.3, 0.4) is 0 Å². The molecule has 0 spiro atoms. The van der Waals surface area contributed by atoms with Crippen molar-refractivity contribution in [3.05, 3.63) is 0 Å². The van der Waals surface area contributed by atoms with Crippen LogP contribution in [0.2, 0.25) is 0 Å². The largest absolute Gasteiger partial charge is 3.00 e. The average molecular weight is 180 g/mol. The second-order valence-electron chi connectivity index (χ2n) is 0.408. The van der Waals surface area contributed by atoms with Crippen LogP contribution in [0.5, 0.6) is 0 Å². The van der Waals surface area contributed by atoms with Gasteiger partial charge in [0.15, 0.2) is 0 Å². The fourth-order valence-electron chi connectivity index (χ4n) is 0. The molecule has 0 aromatic rings. The van der Waals surface area contributed by atoms with Crippen LogP contribution in [-0.2, 0) is 10.4 Å². The van der Waals surface area contributed by atoms with Crippen molar-refractivity contribution < 1.29 is 52.6 Å². The van der Waals surface area contributed by atoms with Gasteiger partial charge in [-0.1, -0.05) is 0 Å². The van der Waals surface area contributed by atoms with E-state index in [-0.39, 0.29) is 58.5 Å². The second kappa shape index (κ2) is 12.0. The molecule has 0 unspecified atom stereocenters. The van der Waals surface area contributed by atoms with Crippen LogP contribution < -0.4 is 35.7 Å². The first kappa shape index (κ1) is 31.7. The molecule has 9 heavy (non-hydrogen) atoms. The maximum absolute atomic E-state index is 8.52. The summed E-state index contributed by atoms with van der Waals surface area (Å²) in [6, 6.07) is 0. The van der Waals surface area contributed by atoms with Gasteiger partial charge >= 0.3 is 46.9 Å². The third-order valence-electron chi connectivity index (χ3n) is 0. The van der Waals surface area contributed by atoms with Crippen molar-refractivity contribution in [3.63, 3.8) is 0 Å². The molecule has 0 saturated carbocycles. The summed E-state index contributed by atoms with van der Waals surface area (Å²) in [5.41, 5.74) is 0. The van der Waals surface area contributed by atoms with Crippen molar-refractivity contribution in [2.45, 2.75) is 0 Å². The molecule has 0 radical (unpaired) electrons. The molecule has 0 aromatic carbocycles. The van der Waals surface area contributed by atoms with E-state index in [9.17, 15) is 0 Å². The van der Waals surface area contributed by atoms with Gasteiger partial charge in [0.05, 0.1) is 0 Å². The predicted molar refractivity (Wildman–Crippen MR) is 23.2 cm³/mol. The number of rotatable bonds is 0. The zero-order valence-corrected chi connectivity index (χ0v) is 8.74. The van der Waals surface area contributed by atoms with Gasteiger partial charge in [0.2, 0.25) is 0 Å². The van der Waals surface area contributed by atoms with Gasteiger partial charge in [0.1, 0.15) is 0 Å². The second-order valence-corrected chi connectivity index (χ2v) is 1.22. The quantitative estimate of drug-likeness (QED) is 0.225. The van der Waals surface area contributed by atoms with Gasteiger partial charge in [-0.25, -0.2) is 0 Å². The van der Waals surface area contributed by atoms with E-state index in [0.29, 0.717) is 0 Å². The summed E-state index contributed by atoms with van der Waals surface area (Å²) >= 11 is 0. The maximum atomic E-state index is 8.52. The predicted octanol–water partition coefficient (Wildman–Crippen LogP) is -4.73. The molecule has 0 amide bonds. The molecule has 0 aromatic heterocycles. The van der Waals surface area contributed by atoms with Crippen molar-refractivity contribution in [1.29, 1.82) is 0 Å². The Kier molecular flexibility index (Phi) is 42.4. The Morgan fingerprint density at radius 2 is 1.11 bits per heavy atom. The minimum atomic E-state index is -5.17. The van der Waals surface area contributed by atoms with Crippen molar-refractivity contribution in [2.24, 2.45) is 0 Å². The Morgan fingerprint density at radius 3 is 1.11 bits per heavy atom. The summed E-state index contributed by atoms with van der Waals surface area (Å²) in [5, 5.41) is 0. The van der Waals surface area contributed by atoms with Gasteiger partial charge in [-0.05, 0) is 0 Å². The van der Waals surface area contributed by atoms with Crippen LogP contribution in [0.15, 0.2) is 0 Å². The summed E-state index contributed by atoms with van der Waals surface area (Å²) < 4.78 is 34.1. The van der Waals surface area contributed by atoms with E-state index in [1.165, 1.54) is 0 Å². The molecule has 6 nitrogen and oxygen atoms in total. The van der Waals surface area contributed by atoms with Gasteiger partial charge in [-0.2, -0.15) is 0 Å². The Balaban J connectivity index is -0.0000000133. The Morgan fingerprint density at radius 1 is 1.11 bits per heavy atom. The van der Waals surface area contributed by atoms with Gasteiger partial charge in [-0.15, -0.1) is 0 Å². The molecule has 0 atom stereocenters. The van der Waals surface area contributed by atoms with Crippen molar-refractivity contribution in [2.75, 3.05) is 0 Å². The smallest absolute Gasteiger partial charge is 0.870 e. The van der Waals surface area contributed by atoms with Crippen LogP contribution in [0.25, 0.3) is 0 Å². The molecule has 4 N–H and O–H groups in total. The van der Waals surface area contributed by atoms with E-state index in [0.717, 1.165) is 0 Å². The van der Waals surface area contributed by atoms with E-state index >= 15 is 0 Å². The molecule has 0 bridgehead atoms. The van der Waals surface area contributed by atoms with E-state index in [4.69, 9.17) is 17.5 Å². The molecular weight excluding hydrogens is 176 g/mol. The maximum Gasteiger partial charge on any atom is 3.00 e. The van der Waals surface area contributed by atoms with Gasteiger partial charge in [0.25, 0.3) is 0 Å². The minimum absolute atomic E-state index is 0. The van der Waals surface area contributed by atoms with Crippen LogP contribution in [0.4, 0.5) is 0 Å². The third-order valence-corrected chi connectivity index (χ3v) is 0. The first-order valence-electron chi connectivity index (χ1n) is 0.667. The van der Waals surface area contributed by atoms with E-state index < -0.39 is 10.4 Å². The molecule has 48 valence electrons. The first-order chi connectivity index (χ1) is 2.00. The summed E-state index contributed by atoms with van der Waals surface area (Å²) in [4.78, 5) is 0. The minimum Gasteiger partial charge on any atom is -0.870 e. The summed E-state index contributed by atoms with van der Waals surface area (Å²) in [6.07, 6.45) is 0. The SMILES string of the molecule is N.O=S(=O)([O-])[O-].[Al+3].[Na+].[OH-]. The Hall–Kier alpha value is 1.32. The summed E-state index contributed by atoms with van der Waals surface area (Å²) in [5.74, 6) is 0. The van der Waals surface area contributed by atoms with Gasteiger partial charge in [-0.3, -0.25) is 8.42 Å². The van der Waals surface area contributed by atoms with Crippen molar-refractivity contribution in [3.8, 4) is 0 Å². The van der Waals surface area contributed by atoms with Gasteiger partial charge < -0.3 is 20.7 Å². The summed E-state index contributed by atoms with van der Waals surface area (Å²) in [6.45, 7) is 0. The molecule has 0 heterocycles. The Bertz CT molecular complexity index is 100. The Labute approximate surface area is 85.9 Å². The third kappa shape index (κ3) is 286. The van der Waals surface area contributed by atoms with Crippen LogP contribution in [0, 0.1) is 0 Å². The zero-order valence-electron chi connectivity index (χ0n) is 4.77. The molecule has 0 aliphatic heterocycles. The normalized spacial score (nSPS) is 6.44. The van der Waals surface area contributed by atoms with Crippen molar-refractivity contribution >= 4 is 27.8 Å². The van der Waals surface area contributed by atoms with Crippen LogP contribution in [-0.4, -0.2) is 40.4 Å². The number of hydrogen-bond donors (Lipinski definition) is 1. The van der Waals surface area contributed by atoms with Gasteiger partial charge in [0, 0.05) is 10.4 Å². The van der Waals surface area contributed by atoms with E-state index in [2.05, 4.69) is 0 Å². The summed E-state index contributed by atoms with van der Waals surface area (Å²) in [7, 11) is -5.17. The fraction of sp³-hybridized carbons (Fsp3) is 0. The van der Waals surface area contributed by atoms with Crippen LogP contribution >= 0.6 is 0 Å². The average Bonchev–Trinajstić information content (AvgIpc) is 0.722. The first-order valence-corrected chi connectivity index (χ1v) is 2.00. The standard InChI is InChI=1S/Al.H3N.Na.H2O4S.H2O/c;;;1-5(2,3)4;/h;1H3;;(H2,1,2,3,4);1H2/q+3;;+1;;/p-3. The molecule has 0 saturated heterocycles. The zero-order chi connectivity index (χ0) is 4.50. The topological polar surface area (TPSA) is 145 Å². The molecular formula is H4AlNNaO5S+. The number of hydrogen-bond acceptors (Lipinski definition) is 6. The van der Waals surface area contributed by atoms with E-state index in [1.807, 2.05) is 0 Å². The monoisotopic (exact) mass is 180 g/mol. The van der Waals surface area contributed by atoms with E-state index in [1.54, 1.807) is 0 Å². The fourth-order valence-corrected chi connectivity index (χ4v) is 0. The van der Waals surface area contributed by atoms with Crippen molar-refractivity contribution in [1.82, 2.24) is 6.15 Å². The molecule has 0 fully saturated rings. The van der Waals surface area contributed by atoms with Crippen LogP contribution in [0.1, 0.15) is 0 Å². The molecule has 9 heteroatoms. The molecule has 0 aliphatic rings.